The van der Waals surface area contributed by atoms with E-state index in [2.05, 4.69) is 5.32 Å². The molecule has 0 saturated carbocycles. The van der Waals surface area contributed by atoms with Gasteiger partial charge in [0.2, 0.25) is 5.91 Å². The number of benzene rings is 4. The summed E-state index contributed by atoms with van der Waals surface area (Å²) in [7, 11) is 3.15. The zero-order chi connectivity index (χ0) is 29.0. The van der Waals surface area contributed by atoms with Crippen molar-refractivity contribution in [3.63, 3.8) is 0 Å². The van der Waals surface area contributed by atoms with Gasteiger partial charge in [0.25, 0.3) is 5.91 Å². The Labute approximate surface area is 239 Å². The van der Waals surface area contributed by atoms with Gasteiger partial charge in [-0.25, -0.2) is 4.39 Å². The second-order valence-corrected chi connectivity index (χ2v) is 9.29. The molecule has 212 valence electrons. The molecule has 0 spiro atoms. The number of rotatable bonds is 13. The number of ether oxygens (including phenoxy) is 3. The highest BCUT2D eigenvalue weighted by Crippen LogP contribution is 2.28. The largest absolute Gasteiger partial charge is 0.493 e. The maximum Gasteiger partial charge on any atom is 0.261 e. The van der Waals surface area contributed by atoms with E-state index in [4.69, 9.17) is 14.2 Å². The first-order valence-corrected chi connectivity index (χ1v) is 13.2. The van der Waals surface area contributed by atoms with Crippen LogP contribution in [0.25, 0.3) is 0 Å². The monoisotopic (exact) mass is 556 g/mol. The van der Waals surface area contributed by atoms with Gasteiger partial charge in [-0.15, -0.1) is 0 Å². The van der Waals surface area contributed by atoms with Crippen LogP contribution in [0.2, 0.25) is 0 Å². The van der Waals surface area contributed by atoms with Crippen molar-refractivity contribution in [3.8, 4) is 17.2 Å². The smallest absolute Gasteiger partial charge is 0.261 e. The number of hydrogen-bond acceptors (Lipinski definition) is 5. The normalized spacial score (nSPS) is 11.3. The van der Waals surface area contributed by atoms with Crippen molar-refractivity contribution in [2.24, 2.45) is 0 Å². The Kier molecular flexibility index (Phi) is 10.3. The Hall–Kier alpha value is -4.85. The summed E-state index contributed by atoms with van der Waals surface area (Å²) in [5, 5.41) is 2.99. The molecule has 0 bridgehead atoms. The Bertz CT molecular complexity index is 1420. The lowest BCUT2D eigenvalue weighted by Gasteiger charge is -2.31. The predicted octanol–water partition coefficient (Wildman–Crippen LogP) is 5.35. The van der Waals surface area contributed by atoms with Gasteiger partial charge in [-0.2, -0.15) is 0 Å². The lowest BCUT2D eigenvalue weighted by atomic mass is 10.0. The quantitative estimate of drug-likeness (QED) is 0.240. The minimum atomic E-state index is -0.946. The maximum atomic E-state index is 13.8. The standard InChI is InChI=1S/C33H33FN2O5/c1-39-29-18-15-24(21-30(29)40-2)19-20-35-33(38)32(26-9-5-3-6-10-26)36(22-25-13-16-27(34)17-14-25)31(37)23-41-28-11-7-4-8-12-28/h3-18,21,32H,19-20,22-23H2,1-2H3,(H,35,38). The van der Waals surface area contributed by atoms with Crippen molar-refractivity contribution in [2.45, 2.75) is 19.0 Å². The van der Waals surface area contributed by atoms with Crippen LogP contribution in [0.3, 0.4) is 0 Å². The van der Waals surface area contributed by atoms with E-state index in [-0.39, 0.29) is 30.8 Å². The van der Waals surface area contributed by atoms with Crippen LogP contribution >= 0.6 is 0 Å². The topological polar surface area (TPSA) is 77.1 Å². The van der Waals surface area contributed by atoms with E-state index < -0.39 is 6.04 Å². The van der Waals surface area contributed by atoms with Crippen LogP contribution in [-0.4, -0.2) is 44.1 Å². The fraction of sp³-hybridized carbons (Fsp3) is 0.212. The first kappa shape index (κ1) is 29.1. The highest BCUT2D eigenvalue weighted by atomic mass is 19.1. The van der Waals surface area contributed by atoms with Gasteiger partial charge < -0.3 is 24.4 Å². The fourth-order valence-corrected chi connectivity index (χ4v) is 4.43. The molecule has 1 N–H and O–H groups in total. The molecule has 2 amide bonds. The Morgan fingerprint density at radius 2 is 1.44 bits per heavy atom. The molecule has 0 heterocycles. The summed E-state index contributed by atoms with van der Waals surface area (Å²) < 4.78 is 30.1. The van der Waals surface area contributed by atoms with Gasteiger partial charge in [0.05, 0.1) is 14.2 Å². The molecule has 4 rings (SSSR count). The molecule has 0 fully saturated rings. The van der Waals surface area contributed by atoms with E-state index in [1.165, 1.54) is 17.0 Å². The average Bonchev–Trinajstić information content (AvgIpc) is 3.01. The van der Waals surface area contributed by atoms with E-state index in [9.17, 15) is 14.0 Å². The molecule has 0 aliphatic heterocycles. The molecule has 1 unspecified atom stereocenters. The van der Waals surface area contributed by atoms with E-state index in [0.717, 1.165) is 5.56 Å². The third kappa shape index (κ3) is 8.08. The number of para-hydroxylation sites is 1. The molecule has 7 nitrogen and oxygen atoms in total. The summed E-state index contributed by atoms with van der Waals surface area (Å²) >= 11 is 0. The van der Waals surface area contributed by atoms with Crippen LogP contribution in [0.15, 0.2) is 103 Å². The summed E-state index contributed by atoms with van der Waals surface area (Å²) in [6.45, 7) is 0.143. The lowest BCUT2D eigenvalue weighted by molar-refractivity contribution is -0.143. The van der Waals surface area contributed by atoms with Gasteiger partial charge in [0, 0.05) is 13.1 Å². The second-order valence-electron chi connectivity index (χ2n) is 9.29. The molecular formula is C33H33FN2O5. The van der Waals surface area contributed by atoms with Crippen molar-refractivity contribution >= 4 is 11.8 Å². The van der Waals surface area contributed by atoms with E-state index >= 15 is 0 Å². The van der Waals surface area contributed by atoms with Gasteiger partial charge >= 0.3 is 0 Å². The molecule has 0 radical (unpaired) electrons. The number of amides is 2. The Morgan fingerprint density at radius 3 is 2.10 bits per heavy atom. The third-order valence-electron chi connectivity index (χ3n) is 6.53. The van der Waals surface area contributed by atoms with Crippen molar-refractivity contribution in [3.05, 3.63) is 126 Å². The van der Waals surface area contributed by atoms with Crippen LogP contribution < -0.4 is 19.5 Å². The molecule has 0 aliphatic carbocycles. The number of carbonyl (C=O) groups is 2. The van der Waals surface area contributed by atoms with Crippen LogP contribution in [0, 0.1) is 5.82 Å². The summed E-state index contributed by atoms with van der Waals surface area (Å²) in [6, 6.07) is 28.6. The summed E-state index contributed by atoms with van der Waals surface area (Å²) in [4.78, 5) is 28.9. The zero-order valence-corrected chi connectivity index (χ0v) is 23.1. The SMILES string of the molecule is COc1ccc(CCNC(=O)C(c2ccccc2)N(Cc2ccc(F)cc2)C(=O)COc2ccccc2)cc1OC. The first-order chi connectivity index (χ1) is 20.0. The molecule has 41 heavy (non-hydrogen) atoms. The molecular weight excluding hydrogens is 523 g/mol. The van der Waals surface area contributed by atoms with Crippen molar-refractivity contribution in [1.82, 2.24) is 10.2 Å². The van der Waals surface area contributed by atoms with Gasteiger partial charge in [-0.1, -0.05) is 66.7 Å². The third-order valence-corrected chi connectivity index (χ3v) is 6.53. The fourth-order valence-electron chi connectivity index (χ4n) is 4.43. The summed E-state index contributed by atoms with van der Waals surface area (Å²) in [6.07, 6.45) is 0.538. The Morgan fingerprint density at radius 1 is 0.805 bits per heavy atom. The highest BCUT2D eigenvalue weighted by Gasteiger charge is 2.31. The molecule has 0 saturated heterocycles. The van der Waals surface area contributed by atoms with Crippen LogP contribution in [0.5, 0.6) is 17.2 Å². The molecule has 0 aliphatic rings. The minimum Gasteiger partial charge on any atom is -0.493 e. The maximum absolute atomic E-state index is 13.8. The van der Waals surface area contributed by atoms with Crippen molar-refractivity contribution < 1.29 is 28.2 Å². The van der Waals surface area contributed by atoms with Crippen molar-refractivity contribution in [1.29, 1.82) is 0 Å². The predicted molar refractivity (Wildman–Crippen MR) is 154 cm³/mol. The molecule has 0 aromatic heterocycles. The van der Waals surface area contributed by atoms with Gasteiger partial charge in [0.1, 0.15) is 17.6 Å². The lowest BCUT2D eigenvalue weighted by Crippen LogP contribution is -2.45. The second kappa shape index (κ2) is 14.5. The number of nitrogens with one attached hydrogen (secondary N) is 1. The molecule has 4 aromatic rings. The number of hydrogen-bond donors (Lipinski definition) is 1. The molecule has 4 aromatic carbocycles. The first-order valence-electron chi connectivity index (χ1n) is 13.2. The van der Waals surface area contributed by atoms with Crippen molar-refractivity contribution in [2.75, 3.05) is 27.4 Å². The summed E-state index contributed by atoms with van der Waals surface area (Å²) in [5.41, 5.74) is 2.28. The van der Waals surface area contributed by atoms with Gasteiger partial charge in [-0.05, 0) is 59.5 Å². The number of carbonyl (C=O) groups excluding carboxylic acids is 2. The van der Waals surface area contributed by atoms with Crippen LogP contribution in [0.4, 0.5) is 4.39 Å². The van der Waals surface area contributed by atoms with Crippen LogP contribution in [-0.2, 0) is 22.6 Å². The molecule has 8 heteroatoms. The van der Waals surface area contributed by atoms with Gasteiger partial charge in [-0.3, -0.25) is 9.59 Å². The average molecular weight is 557 g/mol. The Balaban J connectivity index is 1.56. The number of halogens is 1. The molecule has 1 atom stereocenters. The zero-order valence-electron chi connectivity index (χ0n) is 23.1. The highest BCUT2D eigenvalue weighted by molar-refractivity contribution is 5.89. The van der Waals surface area contributed by atoms with E-state index in [1.807, 2.05) is 66.7 Å². The van der Waals surface area contributed by atoms with E-state index in [0.29, 0.717) is 41.3 Å². The number of nitrogens with zero attached hydrogens (tertiary/aromatic N) is 1. The minimum absolute atomic E-state index is 0.0833. The van der Waals surface area contributed by atoms with E-state index in [1.54, 1.807) is 38.5 Å². The number of methoxy groups -OCH3 is 2. The summed E-state index contributed by atoms with van der Waals surface area (Å²) in [5.74, 6) is 0.656. The van der Waals surface area contributed by atoms with Crippen LogP contribution in [0.1, 0.15) is 22.7 Å². The van der Waals surface area contributed by atoms with Gasteiger partial charge in [0.15, 0.2) is 18.1 Å².